The van der Waals surface area contributed by atoms with Crippen LogP contribution in [-0.2, 0) is 19.2 Å². The number of anilines is 4. The normalized spacial score (nSPS) is 12.4. The summed E-state index contributed by atoms with van der Waals surface area (Å²) in [6.07, 6.45) is 5.28. The number of nitrogens with one attached hydrogen (secondary N) is 7. The van der Waals surface area contributed by atoms with Gasteiger partial charge in [0.15, 0.2) is 0 Å². The third-order valence-corrected chi connectivity index (χ3v) is 12.4. The van der Waals surface area contributed by atoms with E-state index >= 15 is 0 Å². The molecule has 78 heavy (non-hydrogen) atoms. The third-order valence-electron chi connectivity index (χ3n) is 12.4. The molecule has 0 aliphatic carbocycles. The van der Waals surface area contributed by atoms with E-state index in [9.17, 15) is 43.5 Å². The molecule has 20 N–H and O–H groups in total. The van der Waals surface area contributed by atoms with E-state index in [0.29, 0.717) is 84.0 Å². The number of nitrogens with two attached hydrogens (primary N) is 6. The first-order chi connectivity index (χ1) is 37.5. The Kier molecular flexibility index (Phi) is 25.9. The van der Waals surface area contributed by atoms with Crippen molar-refractivity contribution in [1.29, 1.82) is 0 Å². The second-order valence-electron chi connectivity index (χ2n) is 18.3. The summed E-state index contributed by atoms with van der Waals surface area (Å²) >= 11 is 0. The molecule has 0 spiro atoms. The molecule has 4 atom stereocenters. The molecule has 8 amide bonds. The molecule has 0 heterocycles. The van der Waals surface area contributed by atoms with Crippen LogP contribution in [0.3, 0.4) is 0 Å². The molecule has 0 saturated carbocycles. The van der Waals surface area contributed by atoms with Crippen LogP contribution >= 0.6 is 0 Å². The number of hydrogen-bond donors (Lipinski definition) is 14. The maximum absolute atomic E-state index is 13.9. The van der Waals surface area contributed by atoms with Crippen LogP contribution < -0.4 is 81.1 Å². The first-order valence-corrected chi connectivity index (χ1v) is 25.8. The molecular formula is C54H75N13O11. The zero-order valence-electron chi connectivity index (χ0n) is 44.1. The second-order valence-corrected chi connectivity index (χ2v) is 18.3. The van der Waals surface area contributed by atoms with Crippen molar-refractivity contribution in [3.05, 3.63) is 101 Å². The number of carbonyl (C=O) groups is 8. The Balaban J connectivity index is 1.49. The SMILES string of the molecule is COc1ccc(NC(=O)C(CCCCN)NC(=O)c2cc(NC(=O)C(CCCCN)NC(=O)c3cccc(NC(=O)C(CCCCN)NC(=O)c4cc(NC(=O)C(N)CCCCN)ccc4OC)c3)ccc2O)cc1C(N)=O. The summed E-state index contributed by atoms with van der Waals surface area (Å²) in [4.78, 5) is 108. The highest BCUT2D eigenvalue weighted by Crippen LogP contribution is 2.26. The van der Waals surface area contributed by atoms with E-state index in [2.05, 4.69) is 37.2 Å². The van der Waals surface area contributed by atoms with E-state index in [0.717, 1.165) is 0 Å². The predicted molar refractivity (Wildman–Crippen MR) is 297 cm³/mol. The number of aromatic hydroxyl groups is 1. The van der Waals surface area contributed by atoms with E-state index in [1.807, 2.05) is 0 Å². The molecule has 422 valence electrons. The molecule has 4 aromatic carbocycles. The highest BCUT2D eigenvalue weighted by molar-refractivity contribution is 6.07. The maximum Gasteiger partial charge on any atom is 0.255 e. The number of phenolic OH excluding ortho intramolecular Hbond substituents is 1. The van der Waals surface area contributed by atoms with Crippen molar-refractivity contribution >= 4 is 70.0 Å². The zero-order chi connectivity index (χ0) is 57.1. The van der Waals surface area contributed by atoms with Gasteiger partial charge in [0.05, 0.1) is 37.0 Å². The Hall–Kier alpha value is -8.16. The van der Waals surface area contributed by atoms with Gasteiger partial charge in [-0.05, 0) is 170 Å². The van der Waals surface area contributed by atoms with Crippen molar-refractivity contribution in [3.63, 3.8) is 0 Å². The third kappa shape index (κ3) is 19.4. The molecule has 0 radical (unpaired) electrons. The van der Waals surface area contributed by atoms with Crippen molar-refractivity contribution < 1.29 is 52.9 Å². The molecule has 24 heteroatoms. The van der Waals surface area contributed by atoms with Gasteiger partial charge in [0, 0.05) is 28.3 Å². The van der Waals surface area contributed by atoms with E-state index in [1.54, 1.807) is 12.1 Å². The number of amides is 8. The van der Waals surface area contributed by atoms with Crippen LogP contribution in [-0.4, -0.2) is 117 Å². The van der Waals surface area contributed by atoms with Crippen LogP contribution in [0.1, 0.15) is 118 Å². The number of hydrogen-bond acceptors (Lipinski definition) is 16. The van der Waals surface area contributed by atoms with Crippen LogP contribution in [0.5, 0.6) is 17.2 Å². The Morgan fingerprint density at radius 2 is 0.846 bits per heavy atom. The molecule has 0 aliphatic rings. The quantitative estimate of drug-likeness (QED) is 0.0241. The Bertz CT molecular complexity index is 2710. The summed E-state index contributed by atoms with van der Waals surface area (Å²) in [6.45, 7) is 1.47. The Labute approximate surface area is 453 Å². The summed E-state index contributed by atoms with van der Waals surface area (Å²) in [5.41, 5.74) is 34.9. The predicted octanol–water partition coefficient (Wildman–Crippen LogP) is 2.50. The van der Waals surface area contributed by atoms with E-state index in [-0.39, 0.29) is 75.8 Å². The molecule has 0 saturated heterocycles. The summed E-state index contributed by atoms with van der Waals surface area (Å²) in [6, 6.07) is 14.3. The molecule has 0 fully saturated rings. The molecule has 4 unspecified atom stereocenters. The summed E-state index contributed by atoms with van der Waals surface area (Å²) < 4.78 is 10.6. The monoisotopic (exact) mass is 1080 g/mol. The van der Waals surface area contributed by atoms with Crippen molar-refractivity contribution in [2.24, 2.45) is 34.4 Å². The second kappa shape index (κ2) is 32.4. The van der Waals surface area contributed by atoms with Crippen molar-refractivity contribution in [1.82, 2.24) is 16.0 Å². The fourth-order valence-corrected chi connectivity index (χ4v) is 8.04. The summed E-state index contributed by atoms with van der Waals surface area (Å²) in [5, 5.41) is 29.8. The molecule has 0 aromatic heterocycles. The van der Waals surface area contributed by atoms with E-state index < -0.39 is 77.2 Å². The highest BCUT2D eigenvalue weighted by atomic mass is 16.5. The fourth-order valence-electron chi connectivity index (χ4n) is 8.04. The number of carbonyl (C=O) groups excluding carboxylic acids is 8. The van der Waals surface area contributed by atoms with Gasteiger partial charge in [-0.25, -0.2) is 0 Å². The maximum atomic E-state index is 13.9. The van der Waals surface area contributed by atoms with Gasteiger partial charge in [0.1, 0.15) is 35.4 Å². The van der Waals surface area contributed by atoms with Crippen LogP contribution in [0.15, 0.2) is 78.9 Å². The number of methoxy groups -OCH3 is 2. The van der Waals surface area contributed by atoms with Crippen LogP contribution in [0.2, 0.25) is 0 Å². The van der Waals surface area contributed by atoms with Gasteiger partial charge in [-0.3, -0.25) is 38.4 Å². The van der Waals surface area contributed by atoms with Gasteiger partial charge in [-0.1, -0.05) is 12.5 Å². The largest absolute Gasteiger partial charge is 0.507 e. The number of ether oxygens (including phenoxy) is 2. The van der Waals surface area contributed by atoms with Crippen LogP contribution in [0, 0.1) is 0 Å². The average Bonchev–Trinajstić information content (AvgIpc) is 3.43. The molecular weight excluding hydrogens is 1010 g/mol. The minimum Gasteiger partial charge on any atom is -0.507 e. The number of primary amides is 1. The van der Waals surface area contributed by atoms with Gasteiger partial charge in [0.25, 0.3) is 23.6 Å². The molecule has 24 nitrogen and oxygen atoms in total. The van der Waals surface area contributed by atoms with Crippen molar-refractivity contribution in [2.45, 2.75) is 101 Å². The Morgan fingerprint density at radius 3 is 1.31 bits per heavy atom. The number of benzene rings is 4. The van der Waals surface area contributed by atoms with Gasteiger partial charge in [0.2, 0.25) is 23.6 Å². The van der Waals surface area contributed by atoms with Gasteiger partial charge in [-0.15, -0.1) is 0 Å². The molecule has 4 rings (SSSR count). The summed E-state index contributed by atoms with van der Waals surface area (Å²) in [7, 11) is 2.74. The standard InChI is InChI=1S/C54H75N13O11/c1-77-45-22-19-35(30-38(45)47(60)69)64-54(76)42(16-5-9-26-57)66-49(71)37-29-34(18-21-44(37)68)63-52(74)41(15-4-8-25-56)65-48(70)32-12-11-13-33(28-32)62-53(75)43(17-6-10-27-58)67-50(72)39-31-36(20-23-46(39)78-2)61-51(73)40(59)14-3-7-24-55/h11-13,18-23,28-31,40-43,68H,3-10,14-17,24-27,55-59H2,1-2H3,(H2,60,69)(H,61,73)(H,62,75)(H,63,74)(H,64,76)(H,65,70)(H,66,71)(H,67,72). The van der Waals surface area contributed by atoms with E-state index in [1.165, 1.54) is 80.9 Å². The Morgan fingerprint density at radius 1 is 0.462 bits per heavy atom. The van der Waals surface area contributed by atoms with Gasteiger partial charge < -0.3 is 86.2 Å². The minimum atomic E-state index is -1.14. The molecule has 4 aromatic rings. The lowest BCUT2D eigenvalue weighted by atomic mass is 10.1. The van der Waals surface area contributed by atoms with Gasteiger partial charge in [-0.2, -0.15) is 0 Å². The highest BCUT2D eigenvalue weighted by Gasteiger charge is 2.28. The number of phenols is 1. The summed E-state index contributed by atoms with van der Waals surface area (Å²) in [5.74, 6) is -5.42. The lowest BCUT2D eigenvalue weighted by Gasteiger charge is -2.21. The smallest absolute Gasteiger partial charge is 0.255 e. The average molecular weight is 1080 g/mol. The number of unbranched alkanes of at least 4 members (excludes halogenated alkanes) is 4. The lowest BCUT2D eigenvalue weighted by Crippen LogP contribution is -2.44. The van der Waals surface area contributed by atoms with E-state index in [4.69, 9.17) is 43.9 Å². The minimum absolute atomic E-state index is 0.0210. The van der Waals surface area contributed by atoms with Crippen molar-refractivity contribution in [3.8, 4) is 17.2 Å². The topological polar surface area (TPSA) is 416 Å². The van der Waals surface area contributed by atoms with Crippen LogP contribution in [0.25, 0.3) is 0 Å². The lowest BCUT2D eigenvalue weighted by molar-refractivity contribution is -0.118. The molecule has 0 bridgehead atoms. The van der Waals surface area contributed by atoms with Gasteiger partial charge >= 0.3 is 0 Å². The zero-order valence-corrected chi connectivity index (χ0v) is 44.1. The molecule has 0 aliphatic heterocycles. The van der Waals surface area contributed by atoms with Crippen molar-refractivity contribution in [2.75, 3.05) is 61.7 Å². The first kappa shape index (κ1) is 62.4. The first-order valence-electron chi connectivity index (χ1n) is 25.8. The number of rotatable bonds is 33. The fraction of sp³-hybridized carbons (Fsp3) is 0.407. The van der Waals surface area contributed by atoms with Crippen LogP contribution in [0.4, 0.5) is 22.7 Å².